The van der Waals surface area contributed by atoms with Crippen molar-refractivity contribution in [3.63, 3.8) is 0 Å². The van der Waals surface area contributed by atoms with E-state index in [9.17, 15) is 14.4 Å². The van der Waals surface area contributed by atoms with E-state index in [1.165, 1.54) is 23.3 Å². The summed E-state index contributed by atoms with van der Waals surface area (Å²) < 4.78 is 0. The van der Waals surface area contributed by atoms with Gasteiger partial charge < -0.3 is 16.0 Å². The smallest absolute Gasteiger partial charge is 0.239 e. The van der Waals surface area contributed by atoms with Crippen molar-refractivity contribution in [2.75, 3.05) is 18.4 Å². The molecule has 2 amide bonds. The summed E-state index contributed by atoms with van der Waals surface area (Å²) in [6.07, 6.45) is 2.81. The Labute approximate surface area is 235 Å². The number of benzene rings is 3. The molecule has 4 rings (SSSR count). The molecule has 0 saturated heterocycles. The fourth-order valence-electron chi connectivity index (χ4n) is 4.74. The van der Waals surface area contributed by atoms with Crippen molar-refractivity contribution < 1.29 is 14.4 Å². The van der Waals surface area contributed by atoms with Crippen LogP contribution in [0, 0.1) is 13.8 Å². The lowest BCUT2D eigenvalue weighted by Crippen LogP contribution is -2.39. The first-order valence-corrected chi connectivity index (χ1v) is 13.6. The number of hydrogen-bond donors (Lipinski definition) is 3. The van der Waals surface area contributed by atoms with Crippen LogP contribution in [0.2, 0.25) is 0 Å². The molecule has 1 atom stereocenters. The highest BCUT2D eigenvalue weighted by Crippen LogP contribution is 2.31. The number of ketones is 1. The summed E-state index contributed by atoms with van der Waals surface area (Å²) in [6, 6.07) is 24.0. The Balaban J connectivity index is 1.32. The number of rotatable bonds is 12. The zero-order valence-electron chi connectivity index (χ0n) is 23.3. The highest BCUT2D eigenvalue weighted by atomic mass is 16.2. The van der Waals surface area contributed by atoms with Crippen LogP contribution in [-0.2, 0) is 14.4 Å². The van der Waals surface area contributed by atoms with E-state index in [0.717, 1.165) is 28.1 Å². The van der Waals surface area contributed by atoms with Crippen molar-refractivity contribution in [3.05, 3.63) is 95.7 Å². The maximum atomic E-state index is 12.7. The summed E-state index contributed by atoms with van der Waals surface area (Å²) >= 11 is 0. The third-order valence-corrected chi connectivity index (χ3v) is 6.71. The lowest BCUT2D eigenvalue weighted by atomic mass is 9.94. The molecular formula is C33H36N4O3. The monoisotopic (exact) mass is 536 g/mol. The fourth-order valence-corrected chi connectivity index (χ4v) is 4.74. The normalized spacial score (nSPS) is 11.6. The first-order chi connectivity index (χ1) is 19.3. The van der Waals surface area contributed by atoms with E-state index >= 15 is 0 Å². The number of anilines is 1. The van der Waals surface area contributed by atoms with Gasteiger partial charge in [0.2, 0.25) is 11.8 Å². The van der Waals surface area contributed by atoms with Crippen molar-refractivity contribution in [2.45, 2.75) is 46.1 Å². The highest BCUT2D eigenvalue weighted by molar-refractivity contribution is 5.97. The predicted octanol–water partition coefficient (Wildman–Crippen LogP) is 5.66. The number of carbonyl (C=O) groups excluding carboxylic acids is 3. The first-order valence-electron chi connectivity index (χ1n) is 13.6. The van der Waals surface area contributed by atoms with Crippen LogP contribution >= 0.6 is 0 Å². The third kappa shape index (κ3) is 7.99. The summed E-state index contributed by atoms with van der Waals surface area (Å²) in [6.45, 7) is 6.04. The summed E-state index contributed by atoms with van der Waals surface area (Å²) in [5, 5.41) is 11.1. The number of carbonyl (C=O) groups is 3. The van der Waals surface area contributed by atoms with Gasteiger partial charge in [-0.15, -0.1) is 0 Å². The van der Waals surface area contributed by atoms with Gasteiger partial charge in [-0.05, 0) is 77.9 Å². The molecule has 0 radical (unpaired) electrons. The molecule has 4 aromatic rings. The van der Waals surface area contributed by atoms with Crippen LogP contribution in [0.4, 0.5) is 5.82 Å². The second-order valence-corrected chi connectivity index (χ2v) is 10.2. The van der Waals surface area contributed by atoms with Gasteiger partial charge in [-0.1, -0.05) is 60.7 Å². The zero-order valence-corrected chi connectivity index (χ0v) is 23.3. The second-order valence-electron chi connectivity index (χ2n) is 10.2. The molecule has 0 aliphatic heterocycles. The van der Waals surface area contributed by atoms with Crippen LogP contribution < -0.4 is 16.0 Å². The van der Waals surface area contributed by atoms with Crippen LogP contribution in [0.15, 0.2) is 79.0 Å². The number of pyridine rings is 1. The molecule has 7 nitrogen and oxygen atoms in total. The fraction of sp³-hybridized carbons (Fsp3) is 0.273. The van der Waals surface area contributed by atoms with Crippen molar-refractivity contribution >= 4 is 34.2 Å². The van der Waals surface area contributed by atoms with Crippen LogP contribution in [0.25, 0.3) is 21.9 Å². The van der Waals surface area contributed by atoms with Crippen molar-refractivity contribution in [3.8, 4) is 11.1 Å². The first kappa shape index (κ1) is 28.5. The van der Waals surface area contributed by atoms with Crippen LogP contribution in [0.5, 0.6) is 0 Å². The maximum Gasteiger partial charge on any atom is 0.239 e. The topological polar surface area (TPSA) is 100 Å². The Morgan fingerprint density at radius 2 is 1.65 bits per heavy atom. The molecule has 40 heavy (non-hydrogen) atoms. The summed E-state index contributed by atoms with van der Waals surface area (Å²) in [5.74, 6) is 0.206. The minimum Gasteiger partial charge on any atom is -0.370 e. The number of aromatic nitrogens is 1. The number of aryl methyl sites for hydroxylation is 2. The lowest BCUT2D eigenvalue weighted by molar-refractivity contribution is -0.126. The van der Waals surface area contributed by atoms with E-state index in [2.05, 4.69) is 52.1 Å². The van der Waals surface area contributed by atoms with E-state index in [1.807, 2.05) is 55.5 Å². The van der Waals surface area contributed by atoms with Gasteiger partial charge in [-0.2, -0.15) is 0 Å². The number of nitrogens with zero attached hydrogens (tertiary/aromatic N) is 1. The number of nitrogens with one attached hydrogen (secondary N) is 3. The molecule has 0 aliphatic carbocycles. The number of hydrogen-bond acceptors (Lipinski definition) is 5. The summed E-state index contributed by atoms with van der Waals surface area (Å²) in [4.78, 5) is 41.1. The largest absolute Gasteiger partial charge is 0.370 e. The maximum absolute atomic E-state index is 12.7. The van der Waals surface area contributed by atoms with Gasteiger partial charge >= 0.3 is 0 Å². The molecule has 0 saturated carbocycles. The van der Waals surface area contributed by atoms with E-state index in [1.54, 1.807) is 6.20 Å². The van der Waals surface area contributed by atoms with Crippen molar-refractivity contribution in [2.24, 2.45) is 0 Å². The Bertz CT molecular complexity index is 1500. The molecule has 0 spiro atoms. The van der Waals surface area contributed by atoms with Crippen LogP contribution in [-0.4, -0.2) is 35.7 Å². The average Bonchev–Trinajstić information content (AvgIpc) is 2.93. The molecule has 3 aromatic carbocycles. The quantitative estimate of drug-likeness (QED) is 0.203. The van der Waals surface area contributed by atoms with Gasteiger partial charge in [-0.25, -0.2) is 4.98 Å². The molecule has 0 bridgehead atoms. The van der Waals surface area contributed by atoms with E-state index in [-0.39, 0.29) is 37.0 Å². The van der Waals surface area contributed by atoms with Gasteiger partial charge in [0.05, 0.1) is 12.6 Å². The summed E-state index contributed by atoms with van der Waals surface area (Å²) in [5.41, 5.74) is 5.34. The SMILES string of the molecule is CC(=O)C[C@H](NC(=O)CNC(=O)CCCNc1cc(C)ccn1)c1ccc(-c2cc(C)cc3ccccc23)cc1. The minimum atomic E-state index is -0.476. The van der Waals surface area contributed by atoms with Crippen LogP contribution in [0.3, 0.4) is 0 Å². The highest BCUT2D eigenvalue weighted by Gasteiger charge is 2.18. The van der Waals surface area contributed by atoms with Crippen molar-refractivity contribution in [1.82, 2.24) is 15.6 Å². The van der Waals surface area contributed by atoms with Gasteiger partial charge in [0.1, 0.15) is 11.6 Å². The Kier molecular flexibility index (Phi) is 9.62. The minimum absolute atomic E-state index is 0.0290. The number of Topliss-reactive ketones (excluding diaryl/α,β-unsaturated/α-hetero) is 1. The number of fused-ring (bicyclic) bond motifs is 1. The molecule has 206 valence electrons. The second kappa shape index (κ2) is 13.5. The molecule has 0 unspecified atom stereocenters. The van der Waals surface area contributed by atoms with Gasteiger partial charge in [0.15, 0.2) is 0 Å². The predicted molar refractivity (Wildman–Crippen MR) is 160 cm³/mol. The standard InChI is InChI=1S/C33H36N4O3/c1-22-14-16-35-31(19-22)34-15-6-9-32(39)36-21-33(40)37-30(20-24(3)38)26-12-10-25(11-13-26)29-18-23(2)17-27-7-4-5-8-28(27)29/h4-5,7-8,10-14,16-19,30H,6,9,15,20-21H2,1-3H3,(H,34,35)(H,36,39)(H,37,40)/t30-/m0/s1. The Morgan fingerprint density at radius 3 is 2.40 bits per heavy atom. The van der Waals surface area contributed by atoms with Gasteiger partial charge in [0, 0.05) is 25.6 Å². The summed E-state index contributed by atoms with van der Waals surface area (Å²) in [7, 11) is 0. The molecular weight excluding hydrogens is 500 g/mol. The zero-order chi connectivity index (χ0) is 28.5. The lowest BCUT2D eigenvalue weighted by Gasteiger charge is -2.19. The van der Waals surface area contributed by atoms with E-state index in [0.29, 0.717) is 13.0 Å². The van der Waals surface area contributed by atoms with Crippen LogP contribution in [0.1, 0.15) is 48.9 Å². The van der Waals surface area contributed by atoms with E-state index < -0.39 is 6.04 Å². The number of amides is 2. The van der Waals surface area contributed by atoms with Gasteiger partial charge in [0.25, 0.3) is 0 Å². The van der Waals surface area contributed by atoms with Crippen molar-refractivity contribution in [1.29, 1.82) is 0 Å². The Hall–Kier alpha value is -4.52. The Morgan fingerprint density at radius 1 is 0.875 bits per heavy atom. The molecule has 3 N–H and O–H groups in total. The van der Waals surface area contributed by atoms with Gasteiger partial charge in [-0.3, -0.25) is 14.4 Å². The molecule has 1 heterocycles. The average molecular weight is 537 g/mol. The molecule has 1 aromatic heterocycles. The molecule has 7 heteroatoms. The molecule has 0 fully saturated rings. The van der Waals surface area contributed by atoms with E-state index in [4.69, 9.17) is 0 Å². The third-order valence-electron chi connectivity index (χ3n) is 6.71. The molecule has 0 aliphatic rings.